The van der Waals surface area contributed by atoms with Gasteiger partial charge >= 0.3 is 0 Å². The van der Waals surface area contributed by atoms with Crippen LogP contribution in [-0.2, 0) is 6.42 Å². The van der Waals surface area contributed by atoms with E-state index in [2.05, 4.69) is 43.1 Å². The Bertz CT molecular complexity index is 297. The van der Waals surface area contributed by atoms with Crippen LogP contribution in [0.3, 0.4) is 0 Å². The standard InChI is InChI=1S/C14H24N2/c1-3-4-7-12-16(2)14-9-6-5-8-13(14)10-11-15/h5-6,8-9H,3-4,7,10-12,15H2,1-2H3. The van der Waals surface area contributed by atoms with Crippen LogP contribution >= 0.6 is 0 Å². The molecule has 1 aromatic rings. The van der Waals surface area contributed by atoms with Gasteiger partial charge in [0.1, 0.15) is 0 Å². The first kappa shape index (κ1) is 13.0. The summed E-state index contributed by atoms with van der Waals surface area (Å²) in [6.45, 7) is 4.09. The van der Waals surface area contributed by atoms with Gasteiger partial charge in [-0.2, -0.15) is 0 Å². The number of nitrogens with zero attached hydrogens (tertiary/aromatic N) is 1. The Morgan fingerprint density at radius 2 is 1.94 bits per heavy atom. The molecule has 16 heavy (non-hydrogen) atoms. The number of anilines is 1. The molecule has 2 N–H and O–H groups in total. The highest BCUT2D eigenvalue weighted by atomic mass is 15.1. The Balaban J connectivity index is 2.62. The monoisotopic (exact) mass is 220 g/mol. The van der Waals surface area contributed by atoms with Crippen LogP contribution in [0.4, 0.5) is 5.69 Å². The molecule has 2 nitrogen and oxygen atoms in total. The Kier molecular flexibility index (Phi) is 5.94. The fraction of sp³-hybridized carbons (Fsp3) is 0.571. The molecule has 0 unspecified atom stereocenters. The van der Waals surface area contributed by atoms with Crippen molar-refractivity contribution in [3.63, 3.8) is 0 Å². The van der Waals surface area contributed by atoms with E-state index in [0.717, 1.165) is 19.5 Å². The summed E-state index contributed by atoms with van der Waals surface area (Å²) in [5.41, 5.74) is 8.33. The molecule has 2 heteroatoms. The van der Waals surface area contributed by atoms with Gasteiger partial charge in [0.15, 0.2) is 0 Å². The van der Waals surface area contributed by atoms with Crippen LogP contribution in [0, 0.1) is 0 Å². The third-order valence-corrected chi connectivity index (χ3v) is 2.91. The van der Waals surface area contributed by atoms with Crippen molar-refractivity contribution in [1.29, 1.82) is 0 Å². The predicted octanol–water partition coefficient (Wildman–Crippen LogP) is 2.81. The van der Waals surface area contributed by atoms with Gasteiger partial charge in [-0.25, -0.2) is 0 Å². The molecular weight excluding hydrogens is 196 g/mol. The van der Waals surface area contributed by atoms with E-state index in [1.54, 1.807) is 0 Å². The van der Waals surface area contributed by atoms with Gasteiger partial charge in [-0.05, 0) is 31.0 Å². The van der Waals surface area contributed by atoms with Crippen molar-refractivity contribution in [3.05, 3.63) is 29.8 Å². The largest absolute Gasteiger partial charge is 0.374 e. The summed E-state index contributed by atoms with van der Waals surface area (Å²) < 4.78 is 0. The Labute approximate surface area is 99.5 Å². The summed E-state index contributed by atoms with van der Waals surface area (Å²) in [6.07, 6.45) is 4.82. The molecule has 0 aromatic heterocycles. The van der Waals surface area contributed by atoms with E-state index in [4.69, 9.17) is 5.73 Å². The number of benzene rings is 1. The molecule has 0 aliphatic rings. The predicted molar refractivity (Wildman–Crippen MR) is 72.0 cm³/mol. The van der Waals surface area contributed by atoms with Crippen LogP contribution in [0.1, 0.15) is 31.7 Å². The second-order valence-corrected chi connectivity index (χ2v) is 4.30. The molecule has 0 radical (unpaired) electrons. The third kappa shape index (κ3) is 3.86. The molecule has 0 bridgehead atoms. The highest BCUT2D eigenvalue weighted by Crippen LogP contribution is 2.19. The van der Waals surface area contributed by atoms with Gasteiger partial charge in [-0.1, -0.05) is 38.0 Å². The average molecular weight is 220 g/mol. The van der Waals surface area contributed by atoms with Gasteiger partial charge in [0.05, 0.1) is 0 Å². The lowest BCUT2D eigenvalue weighted by Crippen LogP contribution is -2.20. The molecular formula is C14H24N2. The fourth-order valence-electron chi connectivity index (χ4n) is 1.97. The molecule has 0 spiro atoms. The molecule has 0 fully saturated rings. The van der Waals surface area contributed by atoms with Crippen molar-refractivity contribution in [2.45, 2.75) is 32.6 Å². The van der Waals surface area contributed by atoms with Crippen LogP contribution in [0.2, 0.25) is 0 Å². The summed E-state index contributed by atoms with van der Waals surface area (Å²) in [5.74, 6) is 0. The highest BCUT2D eigenvalue weighted by Gasteiger charge is 2.05. The second kappa shape index (κ2) is 7.29. The van der Waals surface area contributed by atoms with Gasteiger partial charge in [0.2, 0.25) is 0 Å². The molecule has 0 heterocycles. The molecule has 0 atom stereocenters. The number of hydrogen-bond acceptors (Lipinski definition) is 2. The topological polar surface area (TPSA) is 29.3 Å². The number of unbranched alkanes of at least 4 members (excludes halogenated alkanes) is 2. The Morgan fingerprint density at radius 3 is 2.62 bits per heavy atom. The number of nitrogens with two attached hydrogens (primary N) is 1. The smallest absolute Gasteiger partial charge is 0.0396 e. The SMILES string of the molecule is CCCCCN(C)c1ccccc1CCN. The lowest BCUT2D eigenvalue weighted by atomic mass is 10.1. The van der Waals surface area contributed by atoms with E-state index in [9.17, 15) is 0 Å². The number of para-hydroxylation sites is 1. The second-order valence-electron chi connectivity index (χ2n) is 4.30. The van der Waals surface area contributed by atoms with Crippen molar-refractivity contribution in [2.24, 2.45) is 5.73 Å². The highest BCUT2D eigenvalue weighted by molar-refractivity contribution is 5.53. The zero-order chi connectivity index (χ0) is 11.8. The number of rotatable bonds is 7. The summed E-state index contributed by atoms with van der Waals surface area (Å²) in [5, 5.41) is 0. The van der Waals surface area contributed by atoms with Crippen molar-refractivity contribution >= 4 is 5.69 Å². The molecule has 0 saturated carbocycles. The average Bonchev–Trinajstić information content (AvgIpc) is 2.30. The van der Waals surface area contributed by atoms with E-state index in [-0.39, 0.29) is 0 Å². The summed E-state index contributed by atoms with van der Waals surface area (Å²) in [7, 11) is 2.17. The van der Waals surface area contributed by atoms with Crippen LogP contribution < -0.4 is 10.6 Å². The maximum absolute atomic E-state index is 5.63. The fourth-order valence-corrected chi connectivity index (χ4v) is 1.97. The first-order chi connectivity index (χ1) is 7.79. The zero-order valence-corrected chi connectivity index (χ0v) is 10.6. The molecule has 0 saturated heterocycles. The minimum Gasteiger partial charge on any atom is -0.374 e. The third-order valence-electron chi connectivity index (χ3n) is 2.91. The summed E-state index contributed by atoms with van der Waals surface area (Å²) in [4.78, 5) is 2.35. The number of hydrogen-bond donors (Lipinski definition) is 1. The first-order valence-electron chi connectivity index (χ1n) is 6.28. The van der Waals surface area contributed by atoms with E-state index in [0.29, 0.717) is 0 Å². The molecule has 0 aliphatic heterocycles. The molecule has 90 valence electrons. The Morgan fingerprint density at radius 1 is 1.19 bits per heavy atom. The maximum Gasteiger partial charge on any atom is 0.0396 e. The van der Waals surface area contributed by atoms with E-state index < -0.39 is 0 Å². The summed E-state index contributed by atoms with van der Waals surface area (Å²) >= 11 is 0. The van der Waals surface area contributed by atoms with Crippen LogP contribution in [0.25, 0.3) is 0 Å². The summed E-state index contributed by atoms with van der Waals surface area (Å²) in [6, 6.07) is 8.56. The van der Waals surface area contributed by atoms with Crippen LogP contribution in [0.15, 0.2) is 24.3 Å². The van der Waals surface area contributed by atoms with E-state index in [1.807, 2.05) is 0 Å². The van der Waals surface area contributed by atoms with Crippen molar-refractivity contribution in [1.82, 2.24) is 0 Å². The molecule has 0 amide bonds. The van der Waals surface area contributed by atoms with Gasteiger partial charge in [0.25, 0.3) is 0 Å². The van der Waals surface area contributed by atoms with Gasteiger partial charge < -0.3 is 10.6 Å². The van der Waals surface area contributed by atoms with Crippen LogP contribution in [-0.4, -0.2) is 20.1 Å². The lowest BCUT2D eigenvalue weighted by Gasteiger charge is -2.22. The maximum atomic E-state index is 5.63. The van der Waals surface area contributed by atoms with Gasteiger partial charge in [-0.3, -0.25) is 0 Å². The minimum atomic E-state index is 0.722. The lowest BCUT2D eigenvalue weighted by molar-refractivity contribution is 0.703. The van der Waals surface area contributed by atoms with Crippen molar-refractivity contribution < 1.29 is 0 Å². The molecule has 0 aliphatic carbocycles. The molecule has 1 rings (SSSR count). The quantitative estimate of drug-likeness (QED) is 0.716. The molecule has 1 aromatic carbocycles. The van der Waals surface area contributed by atoms with Crippen LogP contribution in [0.5, 0.6) is 0 Å². The Hall–Kier alpha value is -1.02. The zero-order valence-electron chi connectivity index (χ0n) is 10.6. The van der Waals surface area contributed by atoms with E-state index >= 15 is 0 Å². The first-order valence-corrected chi connectivity index (χ1v) is 6.28. The van der Waals surface area contributed by atoms with Gasteiger partial charge in [-0.15, -0.1) is 0 Å². The van der Waals surface area contributed by atoms with Crippen molar-refractivity contribution in [3.8, 4) is 0 Å². The van der Waals surface area contributed by atoms with E-state index in [1.165, 1.54) is 30.5 Å². The normalized spacial score (nSPS) is 10.4. The van der Waals surface area contributed by atoms with Crippen molar-refractivity contribution in [2.75, 3.05) is 25.0 Å². The minimum absolute atomic E-state index is 0.722. The van der Waals surface area contributed by atoms with Gasteiger partial charge in [0, 0.05) is 19.3 Å².